The Balaban J connectivity index is 4.17. The van der Waals surface area contributed by atoms with Gasteiger partial charge in [-0.1, -0.05) is 148 Å². The van der Waals surface area contributed by atoms with Gasteiger partial charge in [0.25, 0.3) is 0 Å². The lowest BCUT2D eigenvalue weighted by atomic mass is 10.0. The smallest absolute Gasteiger partial charge is 0.322 e. The highest BCUT2D eigenvalue weighted by Gasteiger charge is 2.14. The van der Waals surface area contributed by atoms with Crippen molar-refractivity contribution in [1.82, 2.24) is 5.32 Å². The van der Waals surface area contributed by atoms with Gasteiger partial charge in [-0.15, -0.1) is 0 Å². The Morgan fingerprint density at radius 2 is 1.00 bits per heavy atom. The van der Waals surface area contributed by atoms with E-state index >= 15 is 0 Å². The number of allylic oxidation sites excluding steroid dienone is 2. The second kappa shape index (κ2) is 35.0. The summed E-state index contributed by atoms with van der Waals surface area (Å²) in [6, 6.07) is 0. The summed E-state index contributed by atoms with van der Waals surface area (Å²) in [6.07, 6.45) is 39.0. The van der Waals surface area contributed by atoms with Gasteiger partial charge >= 0.3 is 11.9 Å². The minimum absolute atomic E-state index is 0.0235. The largest absolute Gasteiger partial charge is 0.480 e. The van der Waals surface area contributed by atoms with Crippen LogP contribution in [0.25, 0.3) is 0 Å². The van der Waals surface area contributed by atoms with Crippen molar-refractivity contribution in [2.75, 3.05) is 6.54 Å². The molecule has 0 spiro atoms. The van der Waals surface area contributed by atoms with Gasteiger partial charge < -0.3 is 15.2 Å². The fourth-order valence-electron chi connectivity index (χ4n) is 5.81. The maximum absolute atomic E-state index is 12.7. The molecular formula is C39H73NO5. The van der Waals surface area contributed by atoms with Crippen molar-refractivity contribution in [1.29, 1.82) is 0 Å². The summed E-state index contributed by atoms with van der Waals surface area (Å²) >= 11 is 0. The van der Waals surface area contributed by atoms with Crippen molar-refractivity contribution in [2.24, 2.45) is 0 Å². The van der Waals surface area contributed by atoms with Gasteiger partial charge in [0.05, 0.1) is 0 Å². The van der Waals surface area contributed by atoms with E-state index in [-0.39, 0.29) is 24.5 Å². The number of carbonyl (C=O) groups excluding carboxylic acids is 2. The van der Waals surface area contributed by atoms with Gasteiger partial charge in [0.2, 0.25) is 5.91 Å². The molecule has 0 aromatic carbocycles. The predicted octanol–water partition coefficient (Wildman–Crippen LogP) is 11.4. The van der Waals surface area contributed by atoms with Gasteiger partial charge in [0, 0.05) is 12.8 Å². The highest BCUT2D eigenvalue weighted by molar-refractivity contribution is 5.80. The molecule has 0 aliphatic rings. The second-order valence-corrected chi connectivity index (χ2v) is 13.2. The summed E-state index contributed by atoms with van der Waals surface area (Å²) in [5, 5.41) is 11.1. The van der Waals surface area contributed by atoms with Crippen LogP contribution in [0.3, 0.4) is 0 Å². The van der Waals surface area contributed by atoms with Crippen LogP contribution in [0.1, 0.15) is 206 Å². The minimum atomic E-state index is -1.02. The Labute approximate surface area is 278 Å². The van der Waals surface area contributed by atoms with Gasteiger partial charge in [0.1, 0.15) is 12.6 Å². The third-order valence-corrected chi connectivity index (χ3v) is 8.67. The molecule has 0 heterocycles. The summed E-state index contributed by atoms with van der Waals surface area (Å²) in [5.41, 5.74) is 0. The Morgan fingerprint density at radius 1 is 0.556 bits per heavy atom. The Bertz CT molecular complexity index is 708. The summed E-state index contributed by atoms with van der Waals surface area (Å²) < 4.78 is 6.00. The fourth-order valence-corrected chi connectivity index (χ4v) is 5.81. The van der Waals surface area contributed by atoms with Crippen molar-refractivity contribution < 1.29 is 24.2 Å². The number of carbonyl (C=O) groups is 3. The van der Waals surface area contributed by atoms with Gasteiger partial charge in [-0.05, 0) is 57.8 Å². The van der Waals surface area contributed by atoms with Gasteiger partial charge in [-0.3, -0.25) is 14.4 Å². The van der Waals surface area contributed by atoms with E-state index in [4.69, 9.17) is 9.84 Å². The topological polar surface area (TPSA) is 92.7 Å². The van der Waals surface area contributed by atoms with E-state index in [0.717, 1.165) is 64.2 Å². The molecule has 0 aliphatic carbocycles. The van der Waals surface area contributed by atoms with Crippen LogP contribution in [0.2, 0.25) is 0 Å². The lowest BCUT2D eigenvalue weighted by Gasteiger charge is -2.18. The highest BCUT2D eigenvalue weighted by Crippen LogP contribution is 2.19. The molecule has 264 valence electrons. The molecular weight excluding hydrogens is 562 g/mol. The molecule has 6 nitrogen and oxygen atoms in total. The number of nitrogens with one attached hydrogen (secondary N) is 1. The number of hydrogen-bond acceptors (Lipinski definition) is 4. The number of aliphatic carboxylic acids is 1. The van der Waals surface area contributed by atoms with Crippen LogP contribution in [-0.4, -0.2) is 35.6 Å². The van der Waals surface area contributed by atoms with Crippen LogP contribution in [0, 0.1) is 0 Å². The molecule has 0 fully saturated rings. The number of carboxylic acid groups (broad SMARTS) is 1. The van der Waals surface area contributed by atoms with Crippen molar-refractivity contribution in [3.05, 3.63) is 12.2 Å². The molecule has 6 heteroatoms. The van der Waals surface area contributed by atoms with E-state index in [2.05, 4.69) is 31.3 Å². The quantitative estimate of drug-likeness (QED) is 0.0410. The molecule has 1 atom stereocenters. The van der Waals surface area contributed by atoms with E-state index in [9.17, 15) is 14.4 Å². The van der Waals surface area contributed by atoms with Gasteiger partial charge in [-0.2, -0.15) is 0 Å². The van der Waals surface area contributed by atoms with Crippen molar-refractivity contribution >= 4 is 17.8 Å². The third kappa shape index (κ3) is 34.9. The molecule has 45 heavy (non-hydrogen) atoms. The van der Waals surface area contributed by atoms with E-state index in [0.29, 0.717) is 12.8 Å². The van der Waals surface area contributed by atoms with Gasteiger partial charge in [0.15, 0.2) is 0 Å². The van der Waals surface area contributed by atoms with Crippen molar-refractivity contribution in [2.45, 2.75) is 213 Å². The first-order valence-electron chi connectivity index (χ1n) is 19.3. The summed E-state index contributed by atoms with van der Waals surface area (Å²) in [7, 11) is 0. The monoisotopic (exact) mass is 636 g/mol. The third-order valence-electron chi connectivity index (χ3n) is 8.67. The molecule has 0 bridgehead atoms. The summed E-state index contributed by atoms with van der Waals surface area (Å²) in [5.74, 6) is -1.23. The Kier molecular flexibility index (Phi) is 33.6. The van der Waals surface area contributed by atoms with E-state index in [1.807, 2.05) is 0 Å². The number of rotatable bonds is 35. The van der Waals surface area contributed by atoms with Crippen LogP contribution in [0.15, 0.2) is 12.2 Å². The zero-order valence-electron chi connectivity index (χ0n) is 29.7. The number of amides is 1. The number of unbranched alkanes of at least 4 members (excludes halogenated alkanes) is 22. The molecule has 0 aromatic rings. The maximum atomic E-state index is 12.7. The first kappa shape index (κ1) is 43.1. The van der Waals surface area contributed by atoms with Crippen molar-refractivity contribution in [3.8, 4) is 0 Å². The molecule has 1 amide bonds. The standard InChI is InChI=1S/C39H73NO5/c1-3-5-7-9-11-13-15-16-17-18-20-23-27-31-36(32-28-24-22-25-29-33-37(41)40-35-38(42)43)45-39(44)34-30-26-21-19-14-12-10-8-6-4-2/h8,10,36H,3-7,9,11-35H2,1-2H3,(H,40,41)(H,42,43)/b10-8-. The number of ether oxygens (including phenoxy) is 1. The van der Waals surface area contributed by atoms with E-state index < -0.39 is 5.97 Å². The Morgan fingerprint density at radius 3 is 1.51 bits per heavy atom. The van der Waals surface area contributed by atoms with Crippen LogP contribution in [0.4, 0.5) is 0 Å². The normalized spacial score (nSPS) is 12.0. The molecule has 2 N–H and O–H groups in total. The minimum Gasteiger partial charge on any atom is -0.480 e. The molecule has 0 aliphatic heterocycles. The molecule has 0 radical (unpaired) electrons. The molecule has 0 saturated heterocycles. The number of esters is 1. The zero-order valence-corrected chi connectivity index (χ0v) is 29.7. The summed E-state index contributed by atoms with van der Waals surface area (Å²) in [4.78, 5) is 34.9. The highest BCUT2D eigenvalue weighted by atomic mass is 16.5. The Hall–Kier alpha value is -1.85. The molecule has 0 aromatic heterocycles. The van der Waals surface area contributed by atoms with Crippen LogP contribution >= 0.6 is 0 Å². The first-order chi connectivity index (χ1) is 22.0. The van der Waals surface area contributed by atoms with Crippen molar-refractivity contribution in [3.63, 3.8) is 0 Å². The SMILES string of the molecule is CCC/C=C\CCCCCCCC(=O)OC(CCCCCCCCCCCCCCC)CCCCCCCC(=O)NCC(=O)O. The first-order valence-corrected chi connectivity index (χ1v) is 19.3. The van der Waals surface area contributed by atoms with Gasteiger partial charge in [-0.25, -0.2) is 0 Å². The maximum Gasteiger partial charge on any atom is 0.322 e. The molecule has 0 rings (SSSR count). The van der Waals surface area contributed by atoms with Crippen LogP contribution in [0.5, 0.6) is 0 Å². The lowest BCUT2D eigenvalue weighted by molar-refractivity contribution is -0.150. The van der Waals surface area contributed by atoms with E-state index in [1.165, 1.54) is 116 Å². The molecule has 0 saturated carbocycles. The fraction of sp³-hybridized carbons (Fsp3) is 0.872. The average molecular weight is 636 g/mol. The second-order valence-electron chi connectivity index (χ2n) is 13.2. The van der Waals surface area contributed by atoms with E-state index in [1.54, 1.807) is 0 Å². The van der Waals surface area contributed by atoms with Crippen LogP contribution < -0.4 is 5.32 Å². The lowest BCUT2D eigenvalue weighted by Crippen LogP contribution is -2.28. The predicted molar refractivity (Wildman–Crippen MR) is 190 cm³/mol. The number of hydrogen-bond donors (Lipinski definition) is 2. The zero-order chi connectivity index (χ0) is 33.1. The van der Waals surface area contributed by atoms with Crippen LogP contribution in [-0.2, 0) is 19.1 Å². The molecule has 1 unspecified atom stereocenters. The number of carboxylic acids is 1. The summed E-state index contributed by atoms with van der Waals surface area (Å²) in [6.45, 7) is 4.17. The average Bonchev–Trinajstić information content (AvgIpc) is 3.02.